The van der Waals surface area contributed by atoms with Gasteiger partial charge in [0.2, 0.25) is 5.91 Å². The van der Waals surface area contributed by atoms with Gasteiger partial charge >= 0.3 is 0 Å². The predicted molar refractivity (Wildman–Crippen MR) is 80.6 cm³/mol. The molecule has 2 aromatic heterocycles. The molecule has 0 saturated heterocycles. The van der Waals surface area contributed by atoms with Gasteiger partial charge in [-0.15, -0.1) is 22.7 Å². The fourth-order valence-electron chi connectivity index (χ4n) is 1.36. The molecule has 2 heterocycles. The van der Waals surface area contributed by atoms with Crippen LogP contribution in [0.2, 0.25) is 0 Å². The third-order valence-corrected chi connectivity index (χ3v) is 4.30. The molecule has 0 aliphatic carbocycles. The molecule has 0 fully saturated rings. The second-order valence-electron chi connectivity index (χ2n) is 4.40. The minimum Gasteiger partial charge on any atom is -0.302 e. The number of carbonyl (C=O) groups is 2. The molecule has 6 nitrogen and oxygen atoms in total. The lowest BCUT2D eigenvalue weighted by Crippen LogP contribution is -2.12. The van der Waals surface area contributed by atoms with Crippen LogP contribution in [0.3, 0.4) is 0 Å². The van der Waals surface area contributed by atoms with Gasteiger partial charge in [-0.1, -0.05) is 13.8 Å². The molecule has 2 aromatic rings. The highest BCUT2D eigenvalue weighted by Crippen LogP contribution is 2.25. The van der Waals surface area contributed by atoms with E-state index in [1.54, 1.807) is 11.6 Å². The summed E-state index contributed by atoms with van der Waals surface area (Å²) >= 11 is 2.65. The Morgan fingerprint density at radius 3 is 2.60 bits per heavy atom. The molecule has 0 aliphatic heterocycles. The Labute approximate surface area is 124 Å². The number of anilines is 2. The van der Waals surface area contributed by atoms with Gasteiger partial charge in [-0.3, -0.25) is 14.9 Å². The maximum atomic E-state index is 12.0. The Balaban J connectivity index is 2.03. The van der Waals surface area contributed by atoms with E-state index in [0.29, 0.717) is 16.2 Å². The highest BCUT2D eigenvalue weighted by molar-refractivity contribution is 7.16. The van der Waals surface area contributed by atoms with Gasteiger partial charge in [-0.05, 0) is 5.92 Å². The van der Waals surface area contributed by atoms with Crippen LogP contribution < -0.4 is 10.6 Å². The van der Waals surface area contributed by atoms with Crippen molar-refractivity contribution < 1.29 is 9.59 Å². The third-order valence-electron chi connectivity index (χ3n) is 2.33. The molecule has 2 N–H and O–H groups in total. The summed E-state index contributed by atoms with van der Waals surface area (Å²) in [6.07, 6.45) is 1.76. The normalized spacial score (nSPS) is 10.6. The van der Waals surface area contributed by atoms with Gasteiger partial charge in [0.1, 0.15) is 5.69 Å². The second kappa shape index (κ2) is 6.10. The van der Waals surface area contributed by atoms with Crippen LogP contribution in [-0.2, 0) is 4.79 Å². The standard InChI is InChI=1S/C12H14N4O2S2/c1-6(2)9-4-13-11(20-9)16-10(18)8-5-19-12(15-8)14-7(3)17/h4-6H,1-3H3,(H,13,16,18)(H,14,15,17). The summed E-state index contributed by atoms with van der Waals surface area (Å²) < 4.78 is 0. The molecule has 106 valence electrons. The molecule has 8 heteroatoms. The van der Waals surface area contributed by atoms with Crippen LogP contribution in [0.4, 0.5) is 10.3 Å². The van der Waals surface area contributed by atoms with E-state index in [1.165, 1.54) is 29.6 Å². The number of carbonyl (C=O) groups excluding carboxylic acids is 2. The number of nitrogens with one attached hydrogen (secondary N) is 2. The van der Waals surface area contributed by atoms with Crippen molar-refractivity contribution in [1.82, 2.24) is 9.97 Å². The molecule has 0 spiro atoms. The van der Waals surface area contributed by atoms with Crippen molar-refractivity contribution in [2.75, 3.05) is 10.6 Å². The molecule has 20 heavy (non-hydrogen) atoms. The predicted octanol–water partition coefficient (Wildman–Crippen LogP) is 2.93. The monoisotopic (exact) mass is 310 g/mol. The van der Waals surface area contributed by atoms with Crippen LogP contribution >= 0.6 is 22.7 Å². The van der Waals surface area contributed by atoms with Crippen molar-refractivity contribution in [2.24, 2.45) is 0 Å². The highest BCUT2D eigenvalue weighted by Gasteiger charge is 2.14. The van der Waals surface area contributed by atoms with Gasteiger partial charge in [-0.2, -0.15) is 0 Å². The summed E-state index contributed by atoms with van der Waals surface area (Å²) in [4.78, 5) is 32.2. The zero-order chi connectivity index (χ0) is 14.7. The number of aromatic nitrogens is 2. The van der Waals surface area contributed by atoms with E-state index in [1.807, 2.05) is 0 Å². The van der Waals surface area contributed by atoms with Crippen molar-refractivity contribution in [3.8, 4) is 0 Å². The SMILES string of the molecule is CC(=O)Nc1nc(C(=O)Nc2ncc(C(C)C)s2)cs1. The quantitative estimate of drug-likeness (QED) is 0.909. The first kappa shape index (κ1) is 14.6. The van der Waals surface area contributed by atoms with Gasteiger partial charge in [0.15, 0.2) is 10.3 Å². The van der Waals surface area contributed by atoms with E-state index in [0.717, 1.165) is 4.88 Å². The van der Waals surface area contributed by atoms with Gasteiger partial charge in [-0.25, -0.2) is 9.97 Å². The molecule has 0 saturated carbocycles. The van der Waals surface area contributed by atoms with E-state index in [-0.39, 0.29) is 17.5 Å². The lowest BCUT2D eigenvalue weighted by Gasteiger charge is -1.98. The van der Waals surface area contributed by atoms with Gasteiger partial charge in [0, 0.05) is 23.4 Å². The number of hydrogen-bond donors (Lipinski definition) is 2. The van der Waals surface area contributed by atoms with Crippen molar-refractivity contribution >= 4 is 44.8 Å². The first-order valence-electron chi connectivity index (χ1n) is 5.96. The molecule has 0 bridgehead atoms. The Hall–Kier alpha value is -1.80. The summed E-state index contributed by atoms with van der Waals surface area (Å²) in [5.74, 6) is -0.167. The van der Waals surface area contributed by atoms with E-state index in [2.05, 4.69) is 34.4 Å². The van der Waals surface area contributed by atoms with Gasteiger partial charge < -0.3 is 5.32 Å². The summed E-state index contributed by atoms with van der Waals surface area (Å²) in [5.41, 5.74) is 0.264. The molecule has 2 rings (SSSR count). The molecule has 0 aliphatic rings. The Bertz CT molecular complexity index is 633. The second-order valence-corrected chi connectivity index (χ2v) is 6.32. The highest BCUT2D eigenvalue weighted by atomic mass is 32.1. The maximum Gasteiger partial charge on any atom is 0.276 e. The van der Waals surface area contributed by atoms with Crippen molar-refractivity contribution in [3.05, 3.63) is 22.1 Å². The zero-order valence-electron chi connectivity index (χ0n) is 11.3. The number of amides is 2. The smallest absolute Gasteiger partial charge is 0.276 e. The van der Waals surface area contributed by atoms with Crippen molar-refractivity contribution in [3.63, 3.8) is 0 Å². The average molecular weight is 310 g/mol. The molecule has 0 atom stereocenters. The molecular weight excluding hydrogens is 296 g/mol. The zero-order valence-corrected chi connectivity index (χ0v) is 12.9. The lowest BCUT2D eigenvalue weighted by molar-refractivity contribution is -0.114. The van der Waals surface area contributed by atoms with Crippen LogP contribution in [0, 0.1) is 0 Å². The fourth-order valence-corrected chi connectivity index (χ4v) is 2.91. The van der Waals surface area contributed by atoms with Gasteiger partial charge in [0.05, 0.1) is 0 Å². The largest absolute Gasteiger partial charge is 0.302 e. The first-order chi connectivity index (χ1) is 9.45. The Morgan fingerprint density at radius 1 is 1.25 bits per heavy atom. The van der Waals surface area contributed by atoms with Gasteiger partial charge in [0.25, 0.3) is 5.91 Å². The molecule has 0 radical (unpaired) electrons. The third kappa shape index (κ3) is 3.61. The first-order valence-corrected chi connectivity index (χ1v) is 7.65. The number of rotatable bonds is 4. The number of hydrogen-bond acceptors (Lipinski definition) is 6. The topological polar surface area (TPSA) is 84.0 Å². The Morgan fingerprint density at radius 2 is 2.00 bits per heavy atom. The summed E-state index contributed by atoms with van der Waals surface area (Å²) in [6.45, 7) is 5.53. The van der Waals surface area contributed by atoms with Crippen molar-refractivity contribution in [2.45, 2.75) is 26.7 Å². The molecule has 2 amide bonds. The summed E-state index contributed by atoms with van der Waals surface area (Å²) in [5, 5.41) is 7.79. The van der Waals surface area contributed by atoms with E-state index in [9.17, 15) is 9.59 Å². The lowest BCUT2D eigenvalue weighted by atomic mass is 10.2. The molecule has 0 unspecified atom stereocenters. The summed E-state index contributed by atoms with van der Waals surface area (Å²) in [7, 11) is 0. The van der Waals surface area contributed by atoms with Crippen LogP contribution in [0.1, 0.15) is 42.1 Å². The van der Waals surface area contributed by atoms with Crippen LogP contribution in [-0.4, -0.2) is 21.8 Å². The number of thiazole rings is 2. The Kier molecular flexibility index (Phi) is 4.46. The fraction of sp³-hybridized carbons (Fsp3) is 0.333. The molecular formula is C12H14N4O2S2. The minimum atomic E-state index is -0.331. The van der Waals surface area contributed by atoms with Crippen LogP contribution in [0.25, 0.3) is 0 Å². The van der Waals surface area contributed by atoms with Crippen molar-refractivity contribution in [1.29, 1.82) is 0 Å². The van der Waals surface area contributed by atoms with E-state index < -0.39 is 0 Å². The minimum absolute atomic E-state index is 0.215. The van der Waals surface area contributed by atoms with E-state index >= 15 is 0 Å². The summed E-state index contributed by atoms with van der Waals surface area (Å²) in [6, 6.07) is 0. The van der Waals surface area contributed by atoms with Crippen LogP contribution in [0.15, 0.2) is 11.6 Å². The number of nitrogens with zero attached hydrogens (tertiary/aromatic N) is 2. The average Bonchev–Trinajstić information content (AvgIpc) is 2.97. The maximum absolute atomic E-state index is 12.0. The molecule has 0 aromatic carbocycles. The van der Waals surface area contributed by atoms with E-state index in [4.69, 9.17) is 0 Å². The van der Waals surface area contributed by atoms with Crippen LogP contribution in [0.5, 0.6) is 0 Å².